The fourth-order valence-corrected chi connectivity index (χ4v) is 2.80. The number of rotatable bonds is 3. The molecular formula is C14H19BrN2O2. The standard InChI is InChI=1S/C14H19BrN2O2/c1-14(19)7-4-8-17(10-14)9-13(18)16-12-6-3-2-5-11(12)15/h2-3,5-6,19H,4,7-10H2,1H3,(H,16,18). The molecule has 2 N–H and O–H groups in total. The molecule has 0 aromatic heterocycles. The first kappa shape index (κ1) is 14.5. The van der Waals surface area contributed by atoms with E-state index in [1.807, 2.05) is 36.1 Å². The van der Waals surface area contributed by atoms with Crippen LogP contribution in [-0.2, 0) is 4.79 Å². The van der Waals surface area contributed by atoms with Crippen molar-refractivity contribution in [3.8, 4) is 0 Å². The van der Waals surface area contributed by atoms with Crippen molar-refractivity contribution in [1.82, 2.24) is 4.90 Å². The maximum atomic E-state index is 12.0. The van der Waals surface area contributed by atoms with Crippen molar-refractivity contribution < 1.29 is 9.90 Å². The number of aliphatic hydroxyl groups is 1. The van der Waals surface area contributed by atoms with Crippen LogP contribution in [0, 0.1) is 0 Å². The Balaban J connectivity index is 1.90. The molecule has 1 heterocycles. The van der Waals surface area contributed by atoms with Gasteiger partial charge in [0, 0.05) is 11.0 Å². The van der Waals surface area contributed by atoms with Gasteiger partial charge in [-0.15, -0.1) is 0 Å². The van der Waals surface area contributed by atoms with Crippen molar-refractivity contribution in [2.75, 3.05) is 25.0 Å². The Morgan fingerprint density at radius 1 is 1.53 bits per heavy atom. The Morgan fingerprint density at radius 3 is 2.95 bits per heavy atom. The summed E-state index contributed by atoms with van der Waals surface area (Å²) in [6.07, 6.45) is 1.73. The first-order valence-corrected chi connectivity index (χ1v) is 7.25. The van der Waals surface area contributed by atoms with Gasteiger partial charge < -0.3 is 10.4 Å². The van der Waals surface area contributed by atoms with Crippen molar-refractivity contribution in [2.24, 2.45) is 0 Å². The molecule has 1 unspecified atom stereocenters. The molecular weight excluding hydrogens is 308 g/mol. The van der Waals surface area contributed by atoms with Crippen molar-refractivity contribution in [1.29, 1.82) is 0 Å². The number of hydrogen-bond donors (Lipinski definition) is 2. The zero-order chi connectivity index (χ0) is 13.9. The Kier molecular flexibility index (Phi) is 4.60. The van der Waals surface area contributed by atoms with Crippen LogP contribution >= 0.6 is 15.9 Å². The van der Waals surface area contributed by atoms with E-state index in [2.05, 4.69) is 21.2 Å². The molecule has 1 fully saturated rings. The number of para-hydroxylation sites is 1. The van der Waals surface area contributed by atoms with Gasteiger partial charge in [-0.05, 0) is 54.4 Å². The second-order valence-corrected chi connectivity index (χ2v) is 6.19. The Morgan fingerprint density at radius 2 is 2.26 bits per heavy atom. The van der Waals surface area contributed by atoms with Crippen molar-refractivity contribution in [3.05, 3.63) is 28.7 Å². The van der Waals surface area contributed by atoms with Gasteiger partial charge >= 0.3 is 0 Å². The van der Waals surface area contributed by atoms with Crippen LogP contribution in [0.25, 0.3) is 0 Å². The maximum Gasteiger partial charge on any atom is 0.238 e. The van der Waals surface area contributed by atoms with Crippen molar-refractivity contribution in [3.63, 3.8) is 0 Å². The molecule has 1 aromatic rings. The zero-order valence-corrected chi connectivity index (χ0v) is 12.6. The minimum atomic E-state index is -0.675. The number of benzene rings is 1. The maximum absolute atomic E-state index is 12.0. The fraction of sp³-hybridized carbons (Fsp3) is 0.500. The molecule has 0 spiro atoms. The molecule has 0 saturated carbocycles. The van der Waals surface area contributed by atoms with Crippen LogP contribution in [0.15, 0.2) is 28.7 Å². The van der Waals surface area contributed by atoms with Crippen molar-refractivity contribution >= 4 is 27.5 Å². The van der Waals surface area contributed by atoms with E-state index in [1.54, 1.807) is 0 Å². The third-order valence-corrected chi connectivity index (χ3v) is 3.96. The second-order valence-electron chi connectivity index (χ2n) is 5.34. The van der Waals surface area contributed by atoms with E-state index in [1.165, 1.54) is 0 Å². The molecule has 1 atom stereocenters. The summed E-state index contributed by atoms with van der Waals surface area (Å²) >= 11 is 3.40. The van der Waals surface area contributed by atoms with Gasteiger partial charge in [-0.25, -0.2) is 0 Å². The van der Waals surface area contributed by atoms with Crippen LogP contribution < -0.4 is 5.32 Å². The lowest BCUT2D eigenvalue weighted by Crippen LogP contribution is -2.48. The van der Waals surface area contributed by atoms with Crippen molar-refractivity contribution in [2.45, 2.75) is 25.4 Å². The molecule has 0 bridgehead atoms. The lowest BCUT2D eigenvalue weighted by molar-refractivity contribution is -0.118. The van der Waals surface area contributed by atoms with Gasteiger partial charge in [0.2, 0.25) is 5.91 Å². The van der Waals surface area contributed by atoms with E-state index in [0.29, 0.717) is 13.1 Å². The van der Waals surface area contributed by atoms with Crippen LogP contribution in [0.3, 0.4) is 0 Å². The van der Waals surface area contributed by atoms with Gasteiger partial charge in [-0.1, -0.05) is 12.1 Å². The van der Waals surface area contributed by atoms with Gasteiger partial charge in [-0.2, -0.15) is 0 Å². The number of anilines is 1. The summed E-state index contributed by atoms with van der Waals surface area (Å²) in [7, 11) is 0. The average molecular weight is 327 g/mol. The molecule has 5 heteroatoms. The van der Waals surface area contributed by atoms with E-state index in [4.69, 9.17) is 0 Å². The number of amides is 1. The third kappa shape index (κ3) is 4.30. The lowest BCUT2D eigenvalue weighted by Gasteiger charge is -2.36. The highest BCUT2D eigenvalue weighted by molar-refractivity contribution is 9.10. The Hall–Kier alpha value is -0.910. The van der Waals surface area contributed by atoms with Crippen LogP contribution in [0.1, 0.15) is 19.8 Å². The van der Waals surface area contributed by atoms with Gasteiger partial charge in [0.05, 0.1) is 17.8 Å². The lowest BCUT2D eigenvalue weighted by atomic mass is 9.95. The largest absolute Gasteiger partial charge is 0.389 e. The quantitative estimate of drug-likeness (QED) is 0.895. The summed E-state index contributed by atoms with van der Waals surface area (Å²) in [5, 5.41) is 12.9. The average Bonchev–Trinajstić information content (AvgIpc) is 2.30. The van der Waals surface area contributed by atoms with E-state index in [0.717, 1.165) is 29.5 Å². The number of likely N-dealkylation sites (tertiary alicyclic amines) is 1. The number of β-amino-alcohol motifs (C(OH)–C–C–N with tert-alkyl or cyclic N) is 1. The molecule has 1 saturated heterocycles. The predicted molar refractivity (Wildman–Crippen MR) is 79.1 cm³/mol. The first-order valence-electron chi connectivity index (χ1n) is 6.45. The van der Waals surface area contributed by atoms with Gasteiger partial charge in [0.25, 0.3) is 0 Å². The Bertz CT molecular complexity index is 463. The molecule has 0 radical (unpaired) electrons. The molecule has 19 heavy (non-hydrogen) atoms. The minimum Gasteiger partial charge on any atom is -0.389 e. The first-order chi connectivity index (χ1) is 8.96. The highest BCUT2D eigenvalue weighted by Gasteiger charge is 2.29. The minimum absolute atomic E-state index is 0.0513. The molecule has 104 valence electrons. The van der Waals surface area contributed by atoms with E-state index in [-0.39, 0.29) is 5.91 Å². The number of carbonyl (C=O) groups excluding carboxylic acids is 1. The summed E-state index contributed by atoms with van der Waals surface area (Å²) in [5.74, 6) is -0.0513. The molecule has 2 rings (SSSR count). The number of hydrogen-bond acceptors (Lipinski definition) is 3. The highest BCUT2D eigenvalue weighted by Crippen LogP contribution is 2.22. The smallest absolute Gasteiger partial charge is 0.238 e. The third-order valence-electron chi connectivity index (χ3n) is 3.27. The second kappa shape index (κ2) is 6.03. The SMILES string of the molecule is CC1(O)CCCN(CC(=O)Nc2ccccc2Br)C1. The van der Waals surface area contributed by atoms with Crippen LogP contribution in [0.4, 0.5) is 5.69 Å². The summed E-state index contributed by atoms with van der Waals surface area (Å²) < 4.78 is 0.869. The summed E-state index contributed by atoms with van der Waals surface area (Å²) in [4.78, 5) is 14.0. The van der Waals surface area contributed by atoms with E-state index < -0.39 is 5.60 Å². The zero-order valence-electron chi connectivity index (χ0n) is 11.0. The summed E-state index contributed by atoms with van der Waals surface area (Å²) in [6, 6.07) is 7.53. The number of carbonyl (C=O) groups is 1. The molecule has 4 nitrogen and oxygen atoms in total. The fourth-order valence-electron chi connectivity index (χ4n) is 2.41. The van der Waals surface area contributed by atoms with Crippen LogP contribution in [0.2, 0.25) is 0 Å². The number of nitrogens with zero attached hydrogens (tertiary/aromatic N) is 1. The summed E-state index contributed by atoms with van der Waals surface area (Å²) in [6.45, 7) is 3.55. The molecule has 1 aliphatic rings. The number of halogens is 1. The van der Waals surface area contributed by atoms with E-state index in [9.17, 15) is 9.90 Å². The number of piperidine rings is 1. The monoisotopic (exact) mass is 326 g/mol. The highest BCUT2D eigenvalue weighted by atomic mass is 79.9. The topological polar surface area (TPSA) is 52.6 Å². The van der Waals surface area contributed by atoms with Crippen LogP contribution in [-0.4, -0.2) is 41.1 Å². The molecule has 0 aliphatic carbocycles. The molecule has 1 aromatic carbocycles. The number of nitrogens with one attached hydrogen (secondary N) is 1. The van der Waals surface area contributed by atoms with Gasteiger partial charge in [-0.3, -0.25) is 9.69 Å². The normalized spacial score (nSPS) is 24.2. The summed E-state index contributed by atoms with van der Waals surface area (Å²) in [5.41, 5.74) is 0.0996. The Labute approximate surface area is 121 Å². The van der Waals surface area contributed by atoms with Gasteiger partial charge in [0.15, 0.2) is 0 Å². The predicted octanol–water partition coefficient (Wildman–Crippen LogP) is 2.23. The molecule has 1 aliphatic heterocycles. The van der Waals surface area contributed by atoms with Crippen LogP contribution in [0.5, 0.6) is 0 Å². The van der Waals surface area contributed by atoms with E-state index >= 15 is 0 Å². The van der Waals surface area contributed by atoms with Gasteiger partial charge in [0.1, 0.15) is 0 Å². The molecule has 1 amide bonds.